The molecule has 0 aromatic heterocycles. The second kappa shape index (κ2) is 2.70. The van der Waals surface area contributed by atoms with Crippen LogP contribution in [0.15, 0.2) is 18.2 Å². The van der Waals surface area contributed by atoms with E-state index in [1.807, 2.05) is 0 Å². The van der Waals surface area contributed by atoms with E-state index in [9.17, 15) is 9.18 Å². The summed E-state index contributed by atoms with van der Waals surface area (Å²) in [4.78, 5) is 10.7. The normalized spacial score (nSPS) is 9.64. The van der Waals surface area contributed by atoms with Crippen LogP contribution in [0.3, 0.4) is 0 Å². The van der Waals surface area contributed by atoms with Crippen LogP contribution in [0.4, 0.5) is 4.39 Å². The van der Waals surface area contributed by atoms with Crippen molar-refractivity contribution < 1.29 is 14.3 Å². The number of rotatable bonds is 1. The van der Waals surface area contributed by atoms with Crippen LogP contribution in [0.25, 0.3) is 0 Å². The lowest BCUT2D eigenvalue weighted by atomic mass is 10.1. The van der Waals surface area contributed by atoms with Crippen LogP contribution in [0, 0.1) is 5.82 Å². The maximum atomic E-state index is 12.8. The van der Waals surface area contributed by atoms with Gasteiger partial charge in [0.05, 0.1) is 11.6 Å². The SMILES string of the molecule is CC(=O)c1ccc([OH2+])cc1F. The lowest BCUT2D eigenvalue weighted by molar-refractivity contribution is 0.101. The maximum Gasteiger partial charge on any atom is 0.256 e. The van der Waals surface area contributed by atoms with E-state index in [2.05, 4.69) is 0 Å². The van der Waals surface area contributed by atoms with E-state index < -0.39 is 5.82 Å². The highest BCUT2D eigenvalue weighted by Crippen LogP contribution is 2.14. The van der Waals surface area contributed by atoms with Gasteiger partial charge in [-0.25, -0.2) is 4.39 Å². The first-order valence-electron chi connectivity index (χ1n) is 3.13. The fourth-order valence-electron chi connectivity index (χ4n) is 0.801. The van der Waals surface area contributed by atoms with E-state index in [0.717, 1.165) is 6.07 Å². The van der Waals surface area contributed by atoms with E-state index in [4.69, 9.17) is 5.11 Å². The average molecular weight is 155 g/mol. The Hall–Kier alpha value is -1.38. The monoisotopic (exact) mass is 155 g/mol. The van der Waals surface area contributed by atoms with E-state index >= 15 is 0 Å². The Morgan fingerprint density at radius 2 is 2.18 bits per heavy atom. The lowest BCUT2D eigenvalue weighted by Crippen LogP contribution is -1.95. The molecule has 0 unspecified atom stereocenters. The van der Waals surface area contributed by atoms with Crippen molar-refractivity contribution in [2.24, 2.45) is 0 Å². The summed E-state index contributed by atoms with van der Waals surface area (Å²) in [7, 11) is 0. The Labute approximate surface area is 63.3 Å². The molecule has 0 aliphatic carbocycles. The van der Waals surface area contributed by atoms with Crippen LogP contribution < -0.4 is 0 Å². The third-order valence-corrected chi connectivity index (χ3v) is 1.35. The minimum atomic E-state index is -0.620. The Bertz CT molecular complexity index is 294. The highest BCUT2D eigenvalue weighted by Gasteiger charge is 2.08. The van der Waals surface area contributed by atoms with Crippen LogP contribution in [0.2, 0.25) is 0 Å². The van der Waals surface area contributed by atoms with Crippen LogP contribution in [-0.4, -0.2) is 10.9 Å². The molecule has 1 aromatic carbocycles. The molecule has 0 aliphatic heterocycles. The van der Waals surface area contributed by atoms with Crippen molar-refractivity contribution >= 4 is 5.78 Å². The molecule has 0 fully saturated rings. The summed E-state index contributed by atoms with van der Waals surface area (Å²) in [5.74, 6) is -0.861. The fraction of sp³-hybridized carbons (Fsp3) is 0.125. The Kier molecular flexibility index (Phi) is 1.89. The maximum absolute atomic E-state index is 12.8. The zero-order chi connectivity index (χ0) is 8.43. The molecule has 58 valence electrons. The molecule has 2 N–H and O–H groups in total. The van der Waals surface area contributed by atoms with E-state index in [1.54, 1.807) is 0 Å². The van der Waals surface area contributed by atoms with Crippen molar-refractivity contribution in [1.82, 2.24) is 0 Å². The van der Waals surface area contributed by atoms with Gasteiger partial charge in [0.1, 0.15) is 5.82 Å². The molecule has 0 amide bonds. The van der Waals surface area contributed by atoms with Crippen molar-refractivity contribution in [2.45, 2.75) is 6.92 Å². The third kappa shape index (κ3) is 1.55. The van der Waals surface area contributed by atoms with Crippen molar-refractivity contribution in [1.29, 1.82) is 0 Å². The highest BCUT2D eigenvalue weighted by molar-refractivity contribution is 5.94. The number of hydrogen-bond donors (Lipinski definition) is 0. The van der Waals surface area contributed by atoms with E-state index in [0.29, 0.717) is 0 Å². The molecule has 1 rings (SSSR count). The molecule has 1 aromatic rings. The van der Waals surface area contributed by atoms with Crippen LogP contribution >= 0.6 is 0 Å². The van der Waals surface area contributed by atoms with Gasteiger partial charge in [-0.2, -0.15) is 0 Å². The Morgan fingerprint density at radius 3 is 2.64 bits per heavy atom. The quantitative estimate of drug-likeness (QED) is 0.447. The van der Waals surface area contributed by atoms with E-state index in [-0.39, 0.29) is 17.1 Å². The first-order valence-corrected chi connectivity index (χ1v) is 3.13. The van der Waals surface area contributed by atoms with Gasteiger partial charge < -0.3 is 5.11 Å². The summed E-state index contributed by atoms with van der Waals surface area (Å²) in [5, 5.41) is 7.02. The summed E-state index contributed by atoms with van der Waals surface area (Å²) >= 11 is 0. The smallest absolute Gasteiger partial charge is 0.256 e. The minimum absolute atomic E-state index is 0.0426. The van der Waals surface area contributed by atoms with E-state index in [1.165, 1.54) is 19.1 Å². The zero-order valence-electron chi connectivity index (χ0n) is 6.02. The van der Waals surface area contributed by atoms with Crippen molar-refractivity contribution in [3.63, 3.8) is 0 Å². The number of Topliss-reactive ketones (excluding diaryl/α,β-unsaturated/α-hetero) is 1. The molecular weight excluding hydrogens is 147 g/mol. The van der Waals surface area contributed by atoms with Crippen molar-refractivity contribution in [3.8, 4) is 5.75 Å². The number of carbonyl (C=O) groups excluding carboxylic acids is 1. The third-order valence-electron chi connectivity index (χ3n) is 1.35. The highest BCUT2D eigenvalue weighted by atomic mass is 19.1. The molecule has 0 aliphatic rings. The van der Waals surface area contributed by atoms with Crippen LogP contribution in [0.5, 0.6) is 5.75 Å². The van der Waals surface area contributed by atoms with Gasteiger partial charge in [0.25, 0.3) is 5.75 Å². The molecule has 0 bridgehead atoms. The van der Waals surface area contributed by atoms with Gasteiger partial charge in [-0.15, -0.1) is 0 Å². The van der Waals surface area contributed by atoms with Gasteiger partial charge in [0.15, 0.2) is 5.78 Å². The molecule has 0 radical (unpaired) electrons. The number of ketones is 1. The Morgan fingerprint density at radius 1 is 1.55 bits per heavy atom. The first-order chi connectivity index (χ1) is 5.11. The van der Waals surface area contributed by atoms with Gasteiger partial charge in [-0.1, -0.05) is 0 Å². The molecule has 0 saturated carbocycles. The predicted molar refractivity (Wildman–Crippen MR) is 39.5 cm³/mol. The van der Waals surface area contributed by atoms with Crippen LogP contribution in [0.1, 0.15) is 17.3 Å². The molecule has 2 nitrogen and oxygen atoms in total. The minimum Gasteiger partial charge on any atom is -0.593 e. The molecule has 0 heterocycles. The number of benzene rings is 1. The number of carbonyl (C=O) groups is 1. The second-order valence-electron chi connectivity index (χ2n) is 2.25. The summed E-state index contributed by atoms with van der Waals surface area (Å²) in [5.41, 5.74) is 0.0426. The molecule has 11 heavy (non-hydrogen) atoms. The lowest BCUT2D eigenvalue weighted by Gasteiger charge is -1.95. The standard InChI is InChI=1S/C8H7FO2/c1-5(10)7-3-2-6(11)4-8(7)9/h2-4,11H,1H3/p+1. The average Bonchev–Trinajstić information content (AvgIpc) is 1.85. The molecule has 0 saturated heterocycles. The largest absolute Gasteiger partial charge is 0.593 e. The summed E-state index contributed by atoms with van der Waals surface area (Å²) in [6, 6.07) is 3.73. The first kappa shape index (κ1) is 7.72. The van der Waals surface area contributed by atoms with Gasteiger partial charge in [0.2, 0.25) is 0 Å². The summed E-state index contributed by atoms with van der Waals surface area (Å²) < 4.78 is 12.8. The topological polar surface area (TPSA) is 40.0 Å². The van der Waals surface area contributed by atoms with Crippen LogP contribution in [-0.2, 0) is 0 Å². The summed E-state index contributed by atoms with van der Waals surface area (Å²) in [6.45, 7) is 1.29. The van der Waals surface area contributed by atoms with Gasteiger partial charge in [0, 0.05) is 6.07 Å². The fourth-order valence-corrected chi connectivity index (χ4v) is 0.801. The Balaban J connectivity index is 3.20. The number of hydrogen-bond acceptors (Lipinski definition) is 1. The second-order valence-corrected chi connectivity index (χ2v) is 2.25. The number of halogens is 1. The van der Waals surface area contributed by atoms with Gasteiger partial charge in [-0.3, -0.25) is 4.79 Å². The molecular formula is C8H8FO2+. The van der Waals surface area contributed by atoms with Gasteiger partial charge in [-0.05, 0) is 13.0 Å². The zero-order valence-corrected chi connectivity index (χ0v) is 6.02. The predicted octanol–water partition coefficient (Wildman–Crippen LogP) is 1.47. The molecule has 0 spiro atoms. The van der Waals surface area contributed by atoms with Crippen molar-refractivity contribution in [2.75, 3.05) is 0 Å². The summed E-state index contributed by atoms with van der Waals surface area (Å²) in [6.07, 6.45) is 0. The van der Waals surface area contributed by atoms with Gasteiger partial charge >= 0.3 is 0 Å². The van der Waals surface area contributed by atoms with Crippen molar-refractivity contribution in [3.05, 3.63) is 29.6 Å². The molecule has 3 heteroatoms. The molecule has 0 atom stereocenters.